The number of ether oxygens (including phenoxy) is 2. The Bertz CT molecular complexity index is 1420. The highest BCUT2D eigenvalue weighted by Gasteiger charge is 2.58. The smallest absolute Gasteiger partial charge is 0.335 e. The van der Waals surface area contributed by atoms with Gasteiger partial charge in [0, 0.05) is 6.07 Å². The molecule has 188 valence electrons. The number of benzene rings is 2. The van der Waals surface area contributed by atoms with E-state index < -0.39 is 53.3 Å². The Hall–Kier alpha value is -4.30. The number of aliphatic carboxylic acids is 1. The number of aromatic hydroxyl groups is 1. The molecule has 0 radical (unpaired) electrons. The summed E-state index contributed by atoms with van der Waals surface area (Å²) in [6.45, 7) is 0. The number of rotatable bonds is 6. The van der Waals surface area contributed by atoms with Gasteiger partial charge in [0.2, 0.25) is 17.5 Å². The molecular formula is C23H19NO12. The molecule has 1 aliphatic rings. The molecule has 0 saturated carbocycles. The number of hydrogen-bond donors (Lipinski definition) is 6. The van der Waals surface area contributed by atoms with Crippen LogP contribution in [0.15, 0.2) is 51.7 Å². The second-order valence-corrected chi connectivity index (χ2v) is 7.98. The summed E-state index contributed by atoms with van der Waals surface area (Å²) < 4.78 is 16.0. The number of primary amides is 1. The van der Waals surface area contributed by atoms with Crippen LogP contribution in [0, 0.1) is 0 Å². The van der Waals surface area contributed by atoms with Crippen LogP contribution in [0.4, 0.5) is 0 Å². The zero-order valence-corrected chi connectivity index (χ0v) is 18.1. The first-order valence-electron chi connectivity index (χ1n) is 10.3. The first-order valence-corrected chi connectivity index (χ1v) is 10.3. The zero-order valence-electron chi connectivity index (χ0n) is 18.1. The Morgan fingerprint density at radius 2 is 1.75 bits per heavy atom. The molecule has 2 heterocycles. The summed E-state index contributed by atoms with van der Waals surface area (Å²) in [5, 5.41) is 49.4. The summed E-state index contributed by atoms with van der Waals surface area (Å²) in [4.78, 5) is 48.0. The van der Waals surface area contributed by atoms with Crippen molar-refractivity contribution in [1.29, 1.82) is 0 Å². The van der Waals surface area contributed by atoms with E-state index in [9.17, 15) is 44.7 Å². The van der Waals surface area contributed by atoms with E-state index in [2.05, 4.69) is 0 Å². The molecule has 0 bridgehead atoms. The molecule has 5 atom stereocenters. The first kappa shape index (κ1) is 24.8. The van der Waals surface area contributed by atoms with Crippen LogP contribution >= 0.6 is 0 Å². The highest BCUT2D eigenvalue weighted by Crippen LogP contribution is 2.32. The van der Waals surface area contributed by atoms with Crippen LogP contribution in [0.1, 0.15) is 10.6 Å². The molecule has 0 spiro atoms. The monoisotopic (exact) mass is 501 g/mol. The number of aliphatic hydroxyl groups excluding tert-OH is 2. The Balaban J connectivity index is 1.76. The van der Waals surface area contributed by atoms with Crippen molar-refractivity contribution in [2.45, 2.75) is 30.2 Å². The predicted molar refractivity (Wildman–Crippen MR) is 118 cm³/mol. The van der Waals surface area contributed by atoms with Crippen molar-refractivity contribution in [2.24, 2.45) is 5.73 Å². The van der Waals surface area contributed by atoms with Gasteiger partial charge in [0.25, 0.3) is 5.91 Å². The minimum Gasteiger partial charge on any atom is -0.508 e. The lowest BCUT2D eigenvalue weighted by Crippen LogP contribution is -2.69. The van der Waals surface area contributed by atoms with Crippen molar-refractivity contribution in [1.82, 2.24) is 0 Å². The topological polar surface area (TPSA) is 227 Å². The summed E-state index contributed by atoms with van der Waals surface area (Å²) in [5.41, 5.74) is 1.76. The van der Waals surface area contributed by atoms with Gasteiger partial charge in [0.1, 0.15) is 23.2 Å². The molecule has 1 aromatic heterocycles. The van der Waals surface area contributed by atoms with E-state index in [1.807, 2.05) is 0 Å². The number of aldehydes is 1. The number of hydrogen-bond acceptors (Lipinski definition) is 11. The fourth-order valence-electron chi connectivity index (χ4n) is 3.80. The van der Waals surface area contributed by atoms with Gasteiger partial charge < -0.3 is 45.2 Å². The third kappa shape index (κ3) is 4.05. The Morgan fingerprint density at radius 3 is 2.33 bits per heavy atom. The third-order valence-corrected chi connectivity index (χ3v) is 5.70. The Labute approximate surface area is 200 Å². The Kier molecular flexibility index (Phi) is 6.24. The number of amides is 1. The van der Waals surface area contributed by atoms with Crippen LogP contribution < -0.4 is 15.9 Å². The summed E-state index contributed by atoms with van der Waals surface area (Å²) in [6, 6.07) is 8.97. The van der Waals surface area contributed by atoms with Crippen molar-refractivity contribution < 1.29 is 53.8 Å². The van der Waals surface area contributed by atoms with Gasteiger partial charge in [0.05, 0.1) is 10.9 Å². The van der Waals surface area contributed by atoms with Gasteiger partial charge in [-0.3, -0.25) is 14.4 Å². The standard InChI is InChI=1S/C23H19NO12/c24-20(30)16-14(9-1-3-10(26)4-2-9)15(27)12-6-5-11(7-13(12)35-16)34-22-19(29)23(33,8-25)18(28)17(36-22)21(31)32/h1-8,17-19,22,26,28-29,33H,(H2,24,30)(H,31,32)/t17-,18+,19-,22+,23-/m0/s1. The molecule has 0 unspecified atom stereocenters. The molecule has 1 aliphatic heterocycles. The fraction of sp³-hybridized carbons (Fsp3) is 0.217. The second-order valence-electron chi connectivity index (χ2n) is 7.98. The lowest BCUT2D eigenvalue weighted by atomic mass is 9.85. The Morgan fingerprint density at radius 1 is 1.08 bits per heavy atom. The summed E-state index contributed by atoms with van der Waals surface area (Å²) in [6.07, 6.45) is -8.79. The van der Waals surface area contributed by atoms with Crippen LogP contribution in [-0.2, 0) is 14.3 Å². The summed E-state index contributed by atoms with van der Waals surface area (Å²) in [5.74, 6) is -3.55. The lowest BCUT2D eigenvalue weighted by Gasteiger charge is -2.43. The van der Waals surface area contributed by atoms with Crippen LogP contribution in [0.5, 0.6) is 11.5 Å². The van der Waals surface area contributed by atoms with Gasteiger partial charge in [-0.2, -0.15) is 0 Å². The number of phenols is 1. The number of phenolic OH excluding ortho intramolecular Hbond substituents is 1. The van der Waals surface area contributed by atoms with E-state index in [4.69, 9.17) is 19.6 Å². The van der Waals surface area contributed by atoms with Crippen molar-refractivity contribution in [2.75, 3.05) is 0 Å². The maximum absolute atomic E-state index is 13.2. The number of carboxylic acids is 1. The second kappa shape index (κ2) is 9.05. The molecule has 4 rings (SSSR count). The molecule has 13 heteroatoms. The number of carboxylic acid groups (broad SMARTS) is 1. The van der Waals surface area contributed by atoms with Crippen molar-refractivity contribution in [3.63, 3.8) is 0 Å². The molecule has 0 aliphatic carbocycles. The average Bonchev–Trinajstić information content (AvgIpc) is 2.84. The van der Waals surface area contributed by atoms with Gasteiger partial charge in [-0.15, -0.1) is 0 Å². The molecular weight excluding hydrogens is 482 g/mol. The predicted octanol–water partition coefficient (Wildman–Crippen LogP) is -0.895. The minimum absolute atomic E-state index is 0.0104. The van der Waals surface area contributed by atoms with Crippen LogP contribution in [0.2, 0.25) is 0 Å². The summed E-state index contributed by atoms with van der Waals surface area (Å²) in [7, 11) is 0. The molecule has 36 heavy (non-hydrogen) atoms. The molecule has 1 saturated heterocycles. The molecule has 7 N–H and O–H groups in total. The van der Waals surface area contributed by atoms with E-state index in [0.29, 0.717) is 0 Å². The van der Waals surface area contributed by atoms with E-state index >= 15 is 0 Å². The number of fused-ring (bicyclic) bond motifs is 1. The van der Waals surface area contributed by atoms with E-state index in [0.717, 1.165) is 6.07 Å². The maximum Gasteiger partial charge on any atom is 0.335 e. The van der Waals surface area contributed by atoms with Crippen molar-refractivity contribution in [3.05, 3.63) is 58.4 Å². The number of carbonyl (C=O) groups excluding carboxylic acids is 2. The molecule has 1 fully saturated rings. The van der Waals surface area contributed by atoms with Crippen molar-refractivity contribution >= 4 is 29.1 Å². The highest BCUT2D eigenvalue weighted by atomic mass is 16.7. The van der Waals surface area contributed by atoms with E-state index in [1.54, 1.807) is 0 Å². The molecule has 1 amide bonds. The molecule has 2 aromatic carbocycles. The van der Waals surface area contributed by atoms with Gasteiger partial charge in [-0.25, -0.2) is 4.79 Å². The number of carbonyl (C=O) groups is 3. The molecule has 3 aromatic rings. The van der Waals surface area contributed by atoms with Crippen LogP contribution in [0.25, 0.3) is 22.1 Å². The highest BCUT2D eigenvalue weighted by molar-refractivity contribution is 5.99. The number of nitrogens with two attached hydrogens (primary N) is 1. The number of aliphatic hydroxyl groups is 3. The largest absolute Gasteiger partial charge is 0.508 e. The third-order valence-electron chi connectivity index (χ3n) is 5.70. The fourth-order valence-corrected chi connectivity index (χ4v) is 3.80. The maximum atomic E-state index is 13.2. The van der Waals surface area contributed by atoms with Gasteiger partial charge in [0.15, 0.2) is 24.1 Å². The quantitative estimate of drug-likeness (QED) is 0.226. The first-order chi connectivity index (χ1) is 17.0. The molecule has 13 nitrogen and oxygen atoms in total. The zero-order chi connectivity index (χ0) is 26.4. The lowest BCUT2D eigenvalue weighted by molar-refractivity contribution is -0.293. The normalized spacial score (nSPS) is 25.9. The van der Waals surface area contributed by atoms with Crippen LogP contribution in [0.3, 0.4) is 0 Å². The van der Waals surface area contributed by atoms with Crippen molar-refractivity contribution in [3.8, 4) is 22.6 Å². The van der Waals surface area contributed by atoms with E-state index in [1.165, 1.54) is 36.4 Å². The van der Waals surface area contributed by atoms with Crippen LogP contribution in [-0.4, -0.2) is 73.9 Å². The SMILES string of the molecule is NC(=O)c1oc2cc(O[C@@H]3O[C@H](C(=O)O)[C@@H](O)[C@@](O)(C=O)[C@H]3O)ccc2c(=O)c1-c1ccc(O)cc1. The van der Waals surface area contributed by atoms with Gasteiger partial charge >= 0.3 is 5.97 Å². The van der Waals surface area contributed by atoms with E-state index in [-0.39, 0.29) is 39.9 Å². The van der Waals surface area contributed by atoms with Gasteiger partial charge in [-0.1, -0.05) is 12.1 Å². The van der Waals surface area contributed by atoms with Gasteiger partial charge in [-0.05, 0) is 29.8 Å². The average molecular weight is 501 g/mol. The summed E-state index contributed by atoms with van der Waals surface area (Å²) >= 11 is 0. The minimum atomic E-state index is -2.92.